The summed E-state index contributed by atoms with van der Waals surface area (Å²) >= 11 is 6.00. The second-order valence-corrected chi connectivity index (χ2v) is 9.06. The predicted octanol–water partition coefficient (Wildman–Crippen LogP) is 6.21. The maximum Gasteiger partial charge on any atom is 0.300 e. The molecule has 36 heavy (non-hydrogen) atoms. The minimum atomic E-state index is -1.05. The number of ether oxygens (including phenoxy) is 2. The van der Waals surface area contributed by atoms with Gasteiger partial charge in [0.05, 0.1) is 29.9 Å². The lowest BCUT2D eigenvalue weighted by molar-refractivity contribution is -0.132. The number of anilines is 1. The molecule has 0 aromatic heterocycles. The molecule has 6 nitrogen and oxygen atoms in total. The second-order valence-electron chi connectivity index (χ2n) is 8.66. The van der Waals surface area contributed by atoms with Gasteiger partial charge in [0.25, 0.3) is 11.7 Å². The molecule has 0 saturated carbocycles. The van der Waals surface area contributed by atoms with Crippen molar-refractivity contribution < 1.29 is 28.6 Å². The minimum absolute atomic E-state index is 0.0402. The summed E-state index contributed by atoms with van der Waals surface area (Å²) < 4.78 is 25.2. The standard InChI is InChI=1S/C28H25ClFNO5/c1-15(2)36-22-12-9-17(13-16(22)3)26(32)24-25(19-7-5-6-8-23(19)35-4)31(28(34)27(24)33)18-10-11-21(30)20(29)14-18/h5-15,25,32H,1-4H3/b26-24+. The highest BCUT2D eigenvalue weighted by molar-refractivity contribution is 6.52. The highest BCUT2D eigenvalue weighted by atomic mass is 35.5. The van der Waals surface area contributed by atoms with Crippen LogP contribution in [-0.2, 0) is 9.59 Å². The first-order chi connectivity index (χ1) is 17.1. The van der Waals surface area contributed by atoms with Gasteiger partial charge in [0.2, 0.25) is 0 Å². The lowest BCUT2D eigenvalue weighted by Crippen LogP contribution is -2.29. The van der Waals surface area contributed by atoms with Crippen LogP contribution >= 0.6 is 11.6 Å². The lowest BCUT2D eigenvalue weighted by atomic mass is 9.94. The van der Waals surface area contributed by atoms with Crippen LogP contribution in [0, 0.1) is 12.7 Å². The number of benzene rings is 3. The van der Waals surface area contributed by atoms with Crippen molar-refractivity contribution in [3.05, 3.63) is 93.8 Å². The summed E-state index contributed by atoms with van der Waals surface area (Å²) in [5, 5.41) is 11.2. The van der Waals surface area contributed by atoms with Crippen molar-refractivity contribution in [3.63, 3.8) is 0 Å². The topological polar surface area (TPSA) is 76.1 Å². The Morgan fingerprint density at radius 2 is 1.78 bits per heavy atom. The summed E-state index contributed by atoms with van der Waals surface area (Å²) in [6.45, 7) is 5.64. The molecule has 1 aliphatic heterocycles. The monoisotopic (exact) mass is 509 g/mol. The molecule has 3 aromatic carbocycles. The third-order valence-corrected chi connectivity index (χ3v) is 6.16. The Labute approximate surface area is 213 Å². The van der Waals surface area contributed by atoms with Gasteiger partial charge in [-0.05, 0) is 68.8 Å². The quantitative estimate of drug-likeness (QED) is 0.243. The van der Waals surface area contributed by atoms with E-state index >= 15 is 0 Å². The second kappa shape index (κ2) is 10.0. The Morgan fingerprint density at radius 3 is 2.42 bits per heavy atom. The number of para-hydroxylation sites is 1. The minimum Gasteiger partial charge on any atom is -0.507 e. The average molecular weight is 510 g/mol. The third kappa shape index (κ3) is 4.54. The van der Waals surface area contributed by atoms with Crippen LogP contribution in [0.2, 0.25) is 5.02 Å². The van der Waals surface area contributed by atoms with Crippen molar-refractivity contribution in [2.45, 2.75) is 32.9 Å². The highest BCUT2D eigenvalue weighted by Crippen LogP contribution is 2.45. The van der Waals surface area contributed by atoms with Gasteiger partial charge < -0.3 is 14.6 Å². The zero-order valence-corrected chi connectivity index (χ0v) is 21.0. The number of aliphatic hydroxyl groups is 1. The molecule has 3 aromatic rings. The van der Waals surface area contributed by atoms with E-state index in [2.05, 4.69) is 0 Å². The molecule has 1 atom stereocenters. The van der Waals surface area contributed by atoms with E-state index in [9.17, 15) is 19.1 Å². The molecule has 1 fully saturated rings. The summed E-state index contributed by atoms with van der Waals surface area (Å²) in [4.78, 5) is 27.9. The number of ketones is 1. The van der Waals surface area contributed by atoms with Crippen LogP contribution < -0.4 is 14.4 Å². The summed E-state index contributed by atoms with van der Waals surface area (Å²) in [5.41, 5.74) is 1.65. The molecule has 4 rings (SSSR count). The van der Waals surface area contributed by atoms with Gasteiger partial charge in [-0.1, -0.05) is 29.8 Å². The molecule has 1 heterocycles. The molecule has 1 amide bonds. The summed E-state index contributed by atoms with van der Waals surface area (Å²) in [6.07, 6.45) is -0.0402. The molecule has 8 heteroatoms. The van der Waals surface area contributed by atoms with E-state index in [0.717, 1.165) is 11.6 Å². The molecule has 1 N–H and O–H groups in total. The van der Waals surface area contributed by atoms with Crippen molar-refractivity contribution in [2.24, 2.45) is 0 Å². The van der Waals surface area contributed by atoms with Gasteiger partial charge in [-0.15, -0.1) is 0 Å². The molecular formula is C28H25ClFNO5. The van der Waals surface area contributed by atoms with Crippen LogP contribution in [0.3, 0.4) is 0 Å². The zero-order chi connectivity index (χ0) is 26.1. The Bertz CT molecular complexity index is 1380. The zero-order valence-electron chi connectivity index (χ0n) is 20.2. The van der Waals surface area contributed by atoms with E-state index in [4.69, 9.17) is 21.1 Å². The van der Waals surface area contributed by atoms with E-state index in [0.29, 0.717) is 22.6 Å². The third-order valence-electron chi connectivity index (χ3n) is 5.87. The molecule has 186 valence electrons. The number of hydrogen-bond acceptors (Lipinski definition) is 5. The first kappa shape index (κ1) is 25.3. The fourth-order valence-corrected chi connectivity index (χ4v) is 4.43. The lowest BCUT2D eigenvalue weighted by Gasteiger charge is -2.27. The Balaban J connectivity index is 1.94. The van der Waals surface area contributed by atoms with Gasteiger partial charge >= 0.3 is 0 Å². The van der Waals surface area contributed by atoms with Crippen LogP contribution in [-0.4, -0.2) is 30.0 Å². The van der Waals surface area contributed by atoms with Gasteiger partial charge in [-0.2, -0.15) is 0 Å². The van der Waals surface area contributed by atoms with E-state index in [1.807, 2.05) is 20.8 Å². The van der Waals surface area contributed by atoms with Gasteiger partial charge in [0.1, 0.15) is 23.1 Å². The van der Waals surface area contributed by atoms with Crippen molar-refractivity contribution in [1.82, 2.24) is 0 Å². The predicted molar refractivity (Wildman–Crippen MR) is 136 cm³/mol. The molecular weight excluding hydrogens is 485 g/mol. The van der Waals surface area contributed by atoms with E-state index in [1.165, 1.54) is 24.1 Å². The molecule has 0 radical (unpaired) electrons. The largest absolute Gasteiger partial charge is 0.507 e. The van der Waals surface area contributed by atoms with Crippen molar-refractivity contribution in [1.29, 1.82) is 0 Å². The number of aryl methyl sites for hydroxylation is 1. The summed E-state index contributed by atoms with van der Waals surface area (Å²) in [6, 6.07) is 14.6. The van der Waals surface area contributed by atoms with Crippen LogP contribution in [0.5, 0.6) is 11.5 Å². The smallest absolute Gasteiger partial charge is 0.300 e. The molecule has 1 unspecified atom stereocenters. The fourth-order valence-electron chi connectivity index (χ4n) is 4.26. The van der Waals surface area contributed by atoms with Crippen LogP contribution in [0.4, 0.5) is 10.1 Å². The molecule has 0 aliphatic carbocycles. The number of hydrogen-bond donors (Lipinski definition) is 1. The van der Waals surface area contributed by atoms with Gasteiger partial charge in [0.15, 0.2) is 0 Å². The highest BCUT2D eigenvalue weighted by Gasteiger charge is 2.48. The van der Waals surface area contributed by atoms with E-state index in [-0.39, 0.29) is 28.1 Å². The number of aliphatic hydroxyl groups excluding tert-OH is 1. The van der Waals surface area contributed by atoms with E-state index in [1.54, 1.807) is 42.5 Å². The number of carbonyl (C=O) groups excluding carboxylic acids is 2. The maximum absolute atomic E-state index is 13.9. The normalized spacial score (nSPS) is 17.1. The number of amides is 1. The Kier molecular flexibility index (Phi) is 7.04. The summed E-state index contributed by atoms with van der Waals surface area (Å²) in [7, 11) is 1.47. The molecule has 1 aliphatic rings. The van der Waals surface area contributed by atoms with Gasteiger partial charge in [0, 0.05) is 16.8 Å². The van der Waals surface area contributed by atoms with Crippen LogP contribution in [0.15, 0.2) is 66.2 Å². The first-order valence-electron chi connectivity index (χ1n) is 11.3. The van der Waals surface area contributed by atoms with Gasteiger partial charge in [-0.25, -0.2) is 4.39 Å². The average Bonchev–Trinajstić information content (AvgIpc) is 3.11. The number of Topliss-reactive ketones (excluding diaryl/α,β-unsaturated/α-hetero) is 1. The van der Waals surface area contributed by atoms with Gasteiger partial charge in [-0.3, -0.25) is 14.5 Å². The van der Waals surface area contributed by atoms with Crippen LogP contribution in [0.25, 0.3) is 5.76 Å². The Morgan fingerprint density at radius 1 is 1.06 bits per heavy atom. The van der Waals surface area contributed by atoms with Crippen molar-refractivity contribution in [2.75, 3.05) is 12.0 Å². The van der Waals surface area contributed by atoms with Crippen molar-refractivity contribution in [3.8, 4) is 11.5 Å². The molecule has 0 spiro atoms. The van der Waals surface area contributed by atoms with E-state index < -0.39 is 23.5 Å². The molecule has 1 saturated heterocycles. The summed E-state index contributed by atoms with van der Waals surface area (Å²) in [5.74, 6) is -1.73. The number of rotatable bonds is 6. The fraction of sp³-hybridized carbons (Fsp3) is 0.214. The van der Waals surface area contributed by atoms with Crippen LogP contribution in [0.1, 0.15) is 36.6 Å². The number of methoxy groups -OCH3 is 1. The van der Waals surface area contributed by atoms with Crippen molar-refractivity contribution >= 4 is 34.7 Å². The maximum atomic E-state index is 13.9. The SMILES string of the molecule is COc1ccccc1C1/C(=C(\O)c2ccc(OC(C)C)c(C)c2)C(=O)C(=O)N1c1ccc(F)c(Cl)c1. The Hall–Kier alpha value is -3.84. The number of nitrogens with zero attached hydrogens (tertiary/aromatic N) is 1. The first-order valence-corrected chi connectivity index (χ1v) is 11.7. The molecule has 0 bridgehead atoms. The number of carbonyl (C=O) groups is 2. The number of halogens is 2.